The van der Waals surface area contributed by atoms with Gasteiger partial charge in [0, 0.05) is 12.6 Å². The average Bonchev–Trinajstić information content (AvgIpc) is 2.84. The summed E-state index contributed by atoms with van der Waals surface area (Å²) >= 11 is 6.02. The summed E-state index contributed by atoms with van der Waals surface area (Å²) in [6, 6.07) is 12.2. The number of pyridine rings is 1. The summed E-state index contributed by atoms with van der Waals surface area (Å²) in [5, 5.41) is 10.3. The fraction of sp³-hybridized carbons (Fsp3) is 0.235. The predicted octanol–water partition coefficient (Wildman–Crippen LogP) is 3.63. The van der Waals surface area contributed by atoms with Gasteiger partial charge in [-0.3, -0.25) is 4.40 Å². The molecule has 0 saturated carbocycles. The SMILES string of the molecule is CCc1ccc(Cc2nc3ccc(Cl)cn3c2CO)cc1. The van der Waals surface area contributed by atoms with Crippen LogP contribution in [-0.4, -0.2) is 14.5 Å². The molecular formula is C17H17ClN2O. The molecule has 2 aromatic heterocycles. The summed E-state index contributed by atoms with van der Waals surface area (Å²) in [4.78, 5) is 4.61. The van der Waals surface area contributed by atoms with Crippen molar-refractivity contribution in [3.8, 4) is 0 Å². The van der Waals surface area contributed by atoms with Gasteiger partial charge in [-0.1, -0.05) is 42.8 Å². The molecule has 3 nitrogen and oxygen atoms in total. The molecule has 21 heavy (non-hydrogen) atoms. The number of benzene rings is 1. The quantitative estimate of drug-likeness (QED) is 0.799. The molecule has 0 radical (unpaired) electrons. The number of aliphatic hydroxyl groups is 1. The van der Waals surface area contributed by atoms with Crippen LogP contribution in [0.2, 0.25) is 5.02 Å². The Hall–Kier alpha value is -1.84. The van der Waals surface area contributed by atoms with Crippen LogP contribution in [0.1, 0.15) is 29.4 Å². The number of fused-ring (bicyclic) bond motifs is 1. The van der Waals surface area contributed by atoms with Crippen molar-refractivity contribution in [2.75, 3.05) is 0 Å². The second-order valence-corrected chi connectivity index (χ2v) is 5.52. The maximum Gasteiger partial charge on any atom is 0.137 e. The number of hydrogen-bond acceptors (Lipinski definition) is 2. The van der Waals surface area contributed by atoms with Gasteiger partial charge >= 0.3 is 0 Å². The Morgan fingerprint density at radius 2 is 1.81 bits per heavy atom. The zero-order chi connectivity index (χ0) is 14.8. The van der Waals surface area contributed by atoms with Gasteiger partial charge < -0.3 is 5.11 Å². The molecule has 0 saturated heterocycles. The third-order valence-corrected chi connectivity index (χ3v) is 3.94. The Morgan fingerprint density at radius 3 is 2.48 bits per heavy atom. The number of rotatable bonds is 4. The van der Waals surface area contributed by atoms with Crippen LogP contribution in [-0.2, 0) is 19.4 Å². The van der Waals surface area contributed by atoms with Gasteiger partial charge in [-0.25, -0.2) is 4.98 Å². The molecule has 1 N–H and O–H groups in total. The van der Waals surface area contributed by atoms with Gasteiger partial charge in [0.25, 0.3) is 0 Å². The van der Waals surface area contributed by atoms with E-state index in [0.29, 0.717) is 11.4 Å². The lowest BCUT2D eigenvalue weighted by atomic mass is 10.1. The lowest BCUT2D eigenvalue weighted by Crippen LogP contribution is -1.98. The molecule has 4 heteroatoms. The van der Waals surface area contributed by atoms with E-state index in [-0.39, 0.29) is 6.61 Å². The first-order valence-corrected chi connectivity index (χ1v) is 7.43. The number of nitrogens with zero attached hydrogens (tertiary/aromatic N) is 2. The number of hydrogen-bond donors (Lipinski definition) is 1. The Bertz CT molecular complexity index is 762. The van der Waals surface area contributed by atoms with Crippen molar-refractivity contribution in [1.82, 2.24) is 9.38 Å². The van der Waals surface area contributed by atoms with Crippen LogP contribution in [0.4, 0.5) is 0 Å². The first kappa shape index (κ1) is 14.1. The van der Waals surface area contributed by atoms with Crippen LogP contribution in [0.15, 0.2) is 42.6 Å². The third-order valence-electron chi connectivity index (χ3n) is 3.72. The number of halogens is 1. The molecule has 3 rings (SSSR count). The highest BCUT2D eigenvalue weighted by molar-refractivity contribution is 6.30. The maximum absolute atomic E-state index is 9.65. The minimum absolute atomic E-state index is 0.0517. The van der Waals surface area contributed by atoms with E-state index in [4.69, 9.17) is 11.6 Å². The third kappa shape index (κ3) is 2.80. The molecule has 3 aromatic rings. The molecule has 0 unspecified atom stereocenters. The lowest BCUT2D eigenvalue weighted by molar-refractivity contribution is 0.274. The van der Waals surface area contributed by atoms with Crippen LogP contribution in [0.5, 0.6) is 0 Å². The van der Waals surface area contributed by atoms with Crippen molar-refractivity contribution in [3.63, 3.8) is 0 Å². The Morgan fingerprint density at radius 1 is 1.10 bits per heavy atom. The van der Waals surface area contributed by atoms with Gasteiger partial charge in [0.05, 0.1) is 23.0 Å². The predicted molar refractivity (Wildman–Crippen MR) is 84.8 cm³/mol. The van der Waals surface area contributed by atoms with Gasteiger partial charge in [-0.2, -0.15) is 0 Å². The zero-order valence-corrected chi connectivity index (χ0v) is 12.6. The van der Waals surface area contributed by atoms with Crippen molar-refractivity contribution in [1.29, 1.82) is 0 Å². The zero-order valence-electron chi connectivity index (χ0n) is 11.9. The largest absolute Gasteiger partial charge is 0.390 e. The van der Waals surface area contributed by atoms with E-state index in [1.807, 2.05) is 16.5 Å². The van der Waals surface area contributed by atoms with E-state index >= 15 is 0 Å². The van der Waals surface area contributed by atoms with E-state index in [1.54, 1.807) is 6.20 Å². The van der Waals surface area contributed by atoms with Gasteiger partial charge in [0.1, 0.15) is 5.65 Å². The fourth-order valence-electron chi connectivity index (χ4n) is 2.51. The molecule has 0 aliphatic heterocycles. The van der Waals surface area contributed by atoms with Crippen molar-refractivity contribution >= 4 is 17.2 Å². The summed E-state index contributed by atoms with van der Waals surface area (Å²) < 4.78 is 1.86. The van der Waals surface area contributed by atoms with E-state index in [1.165, 1.54) is 11.1 Å². The topological polar surface area (TPSA) is 37.5 Å². The first-order valence-electron chi connectivity index (χ1n) is 7.05. The Balaban J connectivity index is 1.99. The van der Waals surface area contributed by atoms with Crippen LogP contribution in [0, 0.1) is 0 Å². The van der Waals surface area contributed by atoms with Crippen LogP contribution in [0.3, 0.4) is 0 Å². The molecule has 0 amide bonds. The van der Waals surface area contributed by atoms with Gasteiger partial charge in [0.15, 0.2) is 0 Å². The molecule has 0 fully saturated rings. The number of aromatic nitrogens is 2. The average molecular weight is 301 g/mol. The summed E-state index contributed by atoms with van der Waals surface area (Å²) in [6.07, 6.45) is 3.54. The monoisotopic (exact) mass is 300 g/mol. The normalized spacial score (nSPS) is 11.2. The van der Waals surface area contributed by atoms with Crippen LogP contribution < -0.4 is 0 Å². The molecule has 0 atom stereocenters. The van der Waals surface area contributed by atoms with Crippen molar-refractivity contribution in [3.05, 3.63) is 70.1 Å². The van der Waals surface area contributed by atoms with E-state index in [0.717, 1.165) is 23.5 Å². The molecule has 0 aliphatic rings. The minimum Gasteiger partial charge on any atom is -0.390 e. The lowest BCUT2D eigenvalue weighted by Gasteiger charge is -2.03. The second-order valence-electron chi connectivity index (χ2n) is 5.09. The first-order chi connectivity index (χ1) is 10.2. The molecule has 108 valence electrons. The van der Waals surface area contributed by atoms with Gasteiger partial charge in [0.2, 0.25) is 0 Å². The highest BCUT2D eigenvalue weighted by atomic mass is 35.5. The summed E-state index contributed by atoms with van der Waals surface area (Å²) in [5.41, 5.74) is 5.01. The molecule has 0 aliphatic carbocycles. The van der Waals surface area contributed by atoms with Crippen molar-refractivity contribution in [2.24, 2.45) is 0 Å². The van der Waals surface area contributed by atoms with E-state index in [2.05, 4.69) is 36.2 Å². The minimum atomic E-state index is -0.0517. The van der Waals surface area contributed by atoms with Crippen LogP contribution in [0.25, 0.3) is 5.65 Å². The summed E-state index contributed by atoms with van der Waals surface area (Å²) in [6.45, 7) is 2.09. The number of imidazole rings is 1. The van der Waals surface area contributed by atoms with E-state index in [9.17, 15) is 5.11 Å². The highest BCUT2D eigenvalue weighted by Gasteiger charge is 2.12. The number of aliphatic hydroxyl groups excluding tert-OH is 1. The standard InChI is InChI=1S/C17H17ClN2O/c1-2-12-3-5-13(6-4-12)9-15-16(11-21)20-10-14(18)7-8-17(20)19-15/h3-8,10,21H,2,9,11H2,1H3. The maximum atomic E-state index is 9.65. The van der Waals surface area contributed by atoms with E-state index < -0.39 is 0 Å². The van der Waals surface area contributed by atoms with Crippen LogP contribution >= 0.6 is 11.6 Å². The molecule has 1 aromatic carbocycles. The van der Waals surface area contributed by atoms with Crippen molar-refractivity contribution < 1.29 is 5.11 Å². The molecule has 2 heterocycles. The van der Waals surface area contributed by atoms with Gasteiger partial charge in [-0.05, 0) is 29.7 Å². The molecular weight excluding hydrogens is 284 g/mol. The summed E-state index contributed by atoms with van der Waals surface area (Å²) in [7, 11) is 0. The number of aryl methyl sites for hydroxylation is 1. The summed E-state index contributed by atoms with van der Waals surface area (Å²) in [5.74, 6) is 0. The molecule has 0 spiro atoms. The van der Waals surface area contributed by atoms with Gasteiger partial charge in [-0.15, -0.1) is 0 Å². The fourth-order valence-corrected chi connectivity index (χ4v) is 2.67. The Kier molecular flexibility index (Phi) is 3.95. The second kappa shape index (κ2) is 5.88. The Labute approximate surface area is 128 Å². The highest BCUT2D eigenvalue weighted by Crippen LogP contribution is 2.19. The van der Waals surface area contributed by atoms with Crippen molar-refractivity contribution in [2.45, 2.75) is 26.4 Å². The molecule has 0 bridgehead atoms. The smallest absolute Gasteiger partial charge is 0.137 e.